The topological polar surface area (TPSA) is 76.1 Å². The number of nitrogens with zero attached hydrogens (tertiary/aromatic N) is 2. The van der Waals surface area contributed by atoms with Crippen molar-refractivity contribution in [1.82, 2.24) is 10.2 Å². The molecule has 1 aromatic heterocycles. The highest BCUT2D eigenvalue weighted by Gasteiger charge is 2.09. The minimum Gasteiger partial charge on any atom is -0.486 e. The lowest BCUT2D eigenvalue weighted by atomic mass is 10.2. The van der Waals surface area contributed by atoms with Gasteiger partial charge in [-0.25, -0.2) is 4.79 Å². The van der Waals surface area contributed by atoms with Gasteiger partial charge in [-0.05, 0) is 42.8 Å². The van der Waals surface area contributed by atoms with Crippen LogP contribution < -0.4 is 15.4 Å². The molecule has 0 radical (unpaired) electrons. The van der Waals surface area contributed by atoms with E-state index < -0.39 is 0 Å². The summed E-state index contributed by atoms with van der Waals surface area (Å²) in [6.07, 6.45) is 0. The summed E-state index contributed by atoms with van der Waals surface area (Å²) in [6, 6.07) is 14.2. The van der Waals surface area contributed by atoms with Crippen LogP contribution in [0.4, 0.5) is 15.6 Å². The first-order valence-corrected chi connectivity index (χ1v) is 8.64. The number of rotatable bonds is 5. The van der Waals surface area contributed by atoms with Crippen LogP contribution in [0.2, 0.25) is 5.02 Å². The van der Waals surface area contributed by atoms with Gasteiger partial charge < -0.3 is 10.1 Å². The van der Waals surface area contributed by atoms with Crippen molar-refractivity contribution in [3.05, 3.63) is 64.1 Å². The Hall–Kier alpha value is -2.64. The molecular formula is C17H15ClN4O2S. The van der Waals surface area contributed by atoms with Gasteiger partial charge >= 0.3 is 6.03 Å². The number of hydrogen-bond donors (Lipinski definition) is 2. The second-order valence-electron chi connectivity index (χ2n) is 5.15. The molecular weight excluding hydrogens is 360 g/mol. The average molecular weight is 375 g/mol. The molecule has 0 saturated carbocycles. The van der Waals surface area contributed by atoms with Gasteiger partial charge in [-0.2, -0.15) is 0 Å². The summed E-state index contributed by atoms with van der Waals surface area (Å²) in [7, 11) is 0. The molecule has 25 heavy (non-hydrogen) atoms. The van der Waals surface area contributed by atoms with Gasteiger partial charge in [-0.1, -0.05) is 41.1 Å². The third-order valence-electron chi connectivity index (χ3n) is 3.21. The van der Waals surface area contributed by atoms with E-state index in [2.05, 4.69) is 20.8 Å². The quantitative estimate of drug-likeness (QED) is 0.677. The second-order valence-corrected chi connectivity index (χ2v) is 6.62. The molecule has 0 fully saturated rings. The van der Waals surface area contributed by atoms with Gasteiger partial charge in [0.15, 0.2) is 5.01 Å². The average Bonchev–Trinajstić information content (AvgIpc) is 3.04. The highest BCUT2D eigenvalue weighted by molar-refractivity contribution is 7.15. The lowest BCUT2D eigenvalue weighted by molar-refractivity contribution is 0.262. The highest BCUT2D eigenvalue weighted by Crippen LogP contribution is 2.23. The lowest BCUT2D eigenvalue weighted by Crippen LogP contribution is -2.19. The zero-order valence-electron chi connectivity index (χ0n) is 13.3. The number of carbonyl (C=O) groups is 1. The van der Waals surface area contributed by atoms with Crippen molar-refractivity contribution in [3.63, 3.8) is 0 Å². The van der Waals surface area contributed by atoms with Crippen LogP contribution in [-0.4, -0.2) is 16.2 Å². The molecule has 2 amide bonds. The Kier molecular flexibility index (Phi) is 5.47. The number of urea groups is 1. The molecule has 8 heteroatoms. The number of para-hydroxylation sites is 1. The molecule has 128 valence electrons. The Morgan fingerprint density at radius 3 is 2.72 bits per heavy atom. The molecule has 0 aliphatic rings. The van der Waals surface area contributed by atoms with Gasteiger partial charge in [-0.15, -0.1) is 10.2 Å². The maximum atomic E-state index is 11.9. The third-order valence-corrected chi connectivity index (χ3v) is 4.45. The fourth-order valence-electron chi connectivity index (χ4n) is 2.00. The number of carbonyl (C=O) groups excluding carboxylic acids is 1. The molecule has 2 aromatic carbocycles. The Morgan fingerprint density at radius 1 is 1.16 bits per heavy atom. The Bertz CT molecular complexity index is 870. The molecule has 0 atom stereocenters. The molecule has 3 aromatic rings. The predicted octanol–water partition coefficient (Wildman–Crippen LogP) is 4.72. The number of halogens is 1. The first kappa shape index (κ1) is 17.2. The molecule has 3 rings (SSSR count). The smallest absolute Gasteiger partial charge is 0.325 e. The minimum atomic E-state index is -0.372. The van der Waals surface area contributed by atoms with E-state index in [1.165, 1.54) is 11.3 Å². The molecule has 2 N–H and O–H groups in total. The standard InChI is InChI=1S/C17H15ClN4O2S/c1-11-9-13(7-8-14(11)18)24-10-15-21-22-17(25-15)20-16(23)19-12-5-3-2-4-6-12/h2-9H,10H2,1H3,(H2,19,20,22,23). The summed E-state index contributed by atoms with van der Waals surface area (Å²) in [4.78, 5) is 11.9. The second kappa shape index (κ2) is 7.96. The number of aromatic nitrogens is 2. The summed E-state index contributed by atoms with van der Waals surface area (Å²) in [6.45, 7) is 2.17. The largest absolute Gasteiger partial charge is 0.486 e. The Morgan fingerprint density at radius 2 is 1.96 bits per heavy atom. The SMILES string of the molecule is Cc1cc(OCc2nnc(NC(=O)Nc3ccccc3)s2)ccc1Cl. The number of anilines is 2. The summed E-state index contributed by atoms with van der Waals surface area (Å²) >= 11 is 7.24. The van der Waals surface area contributed by atoms with Gasteiger partial charge in [0.05, 0.1) is 0 Å². The van der Waals surface area contributed by atoms with Crippen LogP contribution in [0.1, 0.15) is 10.6 Å². The van der Waals surface area contributed by atoms with E-state index in [9.17, 15) is 4.79 Å². The van der Waals surface area contributed by atoms with Crippen LogP contribution in [0.25, 0.3) is 0 Å². The first-order chi connectivity index (χ1) is 12.1. The number of ether oxygens (including phenoxy) is 1. The fraction of sp³-hybridized carbons (Fsp3) is 0.118. The number of hydrogen-bond acceptors (Lipinski definition) is 5. The zero-order chi connectivity index (χ0) is 17.6. The van der Waals surface area contributed by atoms with Crippen LogP contribution in [0.5, 0.6) is 5.75 Å². The van der Waals surface area contributed by atoms with Crippen LogP contribution in [0.15, 0.2) is 48.5 Å². The monoisotopic (exact) mass is 374 g/mol. The molecule has 0 bridgehead atoms. The number of benzene rings is 2. The van der Waals surface area contributed by atoms with Crippen molar-refractivity contribution in [2.45, 2.75) is 13.5 Å². The molecule has 1 heterocycles. The van der Waals surface area contributed by atoms with Gasteiger partial charge in [-0.3, -0.25) is 5.32 Å². The number of amides is 2. The fourth-order valence-corrected chi connectivity index (χ4v) is 2.76. The van der Waals surface area contributed by atoms with Crippen molar-refractivity contribution in [3.8, 4) is 5.75 Å². The van der Waals surface area contributed by atoms with E-state index in [4.69, 9.17) is 16.3 Å². The zero-order valence-corrected chi connectivity index (χ0v) is 14.9. The lowest BCUT2D eigenvalue weighted by Gasteiger charge is -2.05. The van der Waals surface area contributed by atoms with E-state index in [0.29, 0.717) is 26.6 Å². The normalized spacial score (nSPS) is 10.3. The third kappa shape index (κ3) is 4.91. The maximum Gasteiger partial charge on any atom is 0.325 e. The van der Waals surface area contributed by atoms with Crippen molar-refractivity contribution < 1.29 is 9.53 Å². The molecule has 0 saturated heterocycles. The van der Waals surface area contributed by atoms with Crippen LogP contribution >= 0.6 is 22.9 Å². The molecule has 0 aliphatic heterocycles. The van der Waals surface area contributed by atoms with E-state index in [-0.39, 0.29) is 12.6 Å². The van der Waals surface area contributed by atoms with E-state index >= 15 is 0 Å². The van der Waals surface area contributed by atoms with E-state index in [1.807, 2.05) is 31.2 Å². The number of aryl methyl sites for hydroxylation is 1. The van der Waals surface area contributed by atoms with Gasteiger partial charge in [0.25, 0.3) is 0 Å². The van der Waals surface area contributed by atoms with Gasteiger partial charge in [0.1, 0.15) is 12.4 Å². The van der Waals surface area contributed by atoms with Crippen LogP contribution in [0.3, 0.4) is 0 Å². The highest BCUT2D eigenvalue weighted by atomic mass is 35.5. The van der Waals surface area contributed by atoms with Crippen LogP contribution in [-0.2, 0) is 6.61 Å². The summed E-state index contributed by atoms with van der Waals surface area (Å²) < 4.78 is 5.66. The van der Waals surface area contributed by atoms with Crippen molar-refractivity contribution in [2.24, 2.45) is 0 Å². The summed E-state index contributed by atoms with van der Waals surface area (Å²) in [5.74, 6) is 0.702. The first-order valence-electron chi connectivity index (χ1n) is 7.44. The molecule has 0 unspecified atom stereocenters. The van der Waals surface area contributed by atoms with Gasteiger partial charge in [0.2, 0.25) is 5.13 Å². The maximum absolute atomic E-state index is 11.9. The molecule has 0 aliphatic carbocycles. The van der Waals surface area contributed by atoms with Crippen molar-refractivity contribution in [1.29, 1.82) is 0 Å². The van der Waals surface area contributed by atoms with Crippen molar-refractivity contribution in [2.75, 3.05) is 10.6 Å². The number of nitrogens with one attached hydrogen (secondary N) is 2. The Balaban J connectivity index is 1.53. The molecule has 0 spiro atoms. The van der Waals surface area contributed by atoms with E-state index in [0.717, 1.165) is 5.56 Å². The van der Waals surface area contributed by atoms with Gasteiger partial charge in [0, 0.05) is 10.7 Å². The van der Waals surface area contributed by atoms with E-state index in [1.54, 1.807) is 24.3 Å². The summed E-state index contributed by atoms with van der Waals surface area (Å²) in [5, 5.41) is 15.1. The Labute approximate surface area is 153 Å². The molecule has 6 nitrogen and oxygen atoms in total. The summed E-state index contributed by atoms with van der Waals surface area (Å²) in [5.41, 5.74) is 1.64. The minimum absolute atomic E-state index is 0.265. The van der Waals surface area contributed by atoms with Crippen LogP contribution in [0, 0.1) is 6.92 Å². The predicted molar refractivity (Wildman–Crippen MR) is 99.5 cm³/mol. The van der Waals surface area contributed by atoms with Crippen molar-refractivity contribution >= 4 is 39.8 Å².